The number of carbonyl (C=O) groups excluding carboxylic acids is 2. The van der Waals surface area contributed by atoms with Crippen LogP contribution in [-0.4, -0.2) is 54.7 Å². The molecule has 86 valence electrons. The maximum Gasteiger partial charge on any atom is 0.492 e. The van der Waals surface area contributed by atoms with Gasteiger partial charge in [0.25, 0.3) is 0 Å². The van der Waals surface area contributed by atoms with Crippen LogP contribution >= 0.6 is 0 Å². The van der Waals surface area contributed by atoms with Crippen LogP contribution in [0.1, 0.15) is 0 Å². The maximum atomic E-state index is 11.8. The highest BCUT2D eigenvalue weighted by molar-refractivity contribution is 5.79. The van der Waals surface area contributed by atoms with Gasteiger partial charge in [0.2, 0.25) is 5.91 Å². The van der Waals surface area contributed by atoms with Crippen LogP contribution in [-0.2, 0) is 14.4 Å². The molecule has 0 bridgehead atoms. The first-order valence-electron chi connectivity index (χ1n) is 4.08. The second kappa shape index (κ2) is 4.05. The van der Waals surface area contributed by atoms with Crippen LogP contribution in [0.15, 0.2) is 0 Å². The van der Waals surface area contributed by atoms with Gasteiger partial charge in [-0.2, -0.15) is 13.2 Å². The molecule has 0 aromatic heterocycles. The standard InChI is InChI=1S/C7H9F3N2O3/c1-11-2-3-12(4-5(11)13)15-6(14)7(8,9)10/h2-4H2,1H3. The fraction of sp³-hybridized carbons (Fsp3) is 0.714. The van der Waals surface area contributed by atoms with Gasteiger partial charge in [-0.15, -0.1) is 5.06 Å². The summed E-state index contributed by atoms with van der Waals surface area (Å²) < 4.78 is 35.3. The quantitative estimate of drug-likeness (QED) is 0.620. The van der Waals surface area contributed by atoms with Crippen molar-refractivity contribution in [1.29, 1.82) is 0 Å². The second-order valence-corrected chi connectivity index (χ2v) is 3.06. The molecule has 1 aliphatic heterocycles. The van der Waals surface area contributed by atoms with Crippen LogP contribution in [0.25, 0.3) is 0 Å². The summed E-state index contributed by atoms with van der Waals surface area (Å²) in [7, 11) is 1.52. The fourth-order valence-electron chi connectivity index (χ4n) is 0.984. The highest BCUT2D eigenvalue weighted by Gasteiger charge is 2.43. The molecule has 0 atom stereocenters. The molecular formula is C7H9F3N2O3. The number of alkyl halides is 3. The third-order valence-corrected chi connectivity index (χ3v) is 1.87. The molecule has 1 heterocycles. The molecule has 0 aliphatic carbocycles. The number of nitrogens with zero attached hydrogens (tertiary/aromatic N) is 2. The highest BCUT2D eigenvalue weighted by Crippen LogP contribution is 2.17. The van der Waals surface area contributed by atoms with Crippen LogP contribution in [0.2, 0.25) is 0 Å². The first-order valence-corrected chi connectivity index (χ1v) is 4.08. The van der Waals surface area contributed by atoms with Crippen molar-refractivity contribution in [2.75, 3.05) is 26.7 Å². The third kappa shape index (κ3) is 3.08. The first kappa shape index (κ1) is 11.8. The molecule has 0 saturated carbocycles. The number of hydrogen-bond donors (Lipinski definition) is 0. The molecule has 1 rings (SSSR count). The number of halogens is 3. The lowest BCUT2D eigenvalue weighted by Crippen LogP contribution is -2.50. The van der Waals surface area contributed by atoms with E-state index >= 15 is 0 Å². The van der Waals surface area contributed by atoms with Crippen LogP contribution in [0.4, 0.5) is 13.2 Å². The lowest BCUT2D eigenvalue weighted by Gasteiger charge is -2.30. The van der Waals surface area contributed by atoms with E-state index in [1.165, 1.54) is 11.9 Å². The van der Waals surface area contributed by atoms with Crippen molar-refractivity contribution in [3.05, 3.63) is 0 Å². The van der Waals surface area contributed by atoms with E-state index in [0.717, 1.165) is 0 Å². The van der Waals surface area contributed by atoms with Crippen molar-refractivity contribution in [2.24, 2.45) is 0 Å². The van der Waals surface area contributed by atoms with Gasteiger partial charge in [0.15, 0.2) is 0 Å². The van der Waals surface area contributed by atoms with Crippen molar-refractivity contribution in [2.45, 2.75) is 6.18 Å². The third-order valence-electron chi connectivity index (χ3n) is 1.87. The topological polar surface area (TPSA) is 49.9 Å². The molecule has 1 saturated heterocycles. The molecule has 0 unspecified atom stereocenters. The van der Waals surface area contributed by atoms with Gasteiger partial charge in [-0.05, 0) is 0 Å². The predicted molar refractivity (Wildman–Crippen MR) is 41.4 cm³/mol. The number of likely N-dealkylation sites (N-methyl/N-ethyl adjacent to an activating group) is 1. The van der Waals surface area contributed by atoms with Gasteiger partial charge in [-0.3, -0.25) is 4.79 Å². The fourth-order valence-corrected chi connectivity index (χ4v) is 0.984. The van der Waals surface area contributed by atoms with E-state index in [9.17, 15) is 22.8 Å². The number of carbonyl (C=O) groups is 2. The minimum atomic E-state index is -5.04. The number of hydroxylamine groups is 2. The van der Waals surface area contributed by atoms with E-state index in [1.807, 2.05) is 0 Å². The molecule has 15 heavy (non-hydrogen) atoms. The zero-order valence-electron chi connectivity index (χ0n) is 7.87. The normalized spacial score (nSPS) is 19.2. The van der Waals surface area contributed by atoms with Gasteiger partial charge < -0.3 is 9.74 Å². The zero-order chi connectivity index (χ0) is 11.6. The molecule has 0 radical (unpaired) electrons. The molecule has 5 nitrogen and oxygen atoms in total. The van der Waals surface area contributed by atoms with Crippen LogP contribution < -0.4 is 0 Å². The lowest BCUT2D eigenvalue weighted by atomic mass is 10.4. The van der Waals surface area contributed by atoms with Crippen molar-refractivity contribution in [3.63, 3.8) is 0 Å². The minimum Gasteiger partial charge on any atom is -0.360 e. The summed E-state index contributed by atoms with van der Waals surface area (Å²) in [4.78, 5) is 26.8. The molecule has 1 amide bonds. The largest absolute Gasteiger partial charge is 0.492 e. The van der Waals surface area contributed by atoms with E-state index < -0.39 is 18.1 Å². The summed E-state index contributed by atoms with van der Waals surface area (Å²) >= 11 is 0. The predicted octanol–water partition coefficient (Wildman–Crippen LogP) is -0.219. The summed E-state index contributed by atoms with van der Waals surface area (Å²) in [6.45, 7) is -0.0493. The first-order chi connectivity index (χ1) is 6.80. The lowest BCUT2D eigenvalue weighted by molar-refractivity contribution is -0.241. The molecule has 0 aromatic carbocycles. The summed E-state index contributed by atoms with van der Waals surface area (Å²) in [6, 6.07) is 0. The molecule has 0 spiro atoms. The van der Waals surface area contributed by atoms with Gasteiger partial charge >= 0.3 is 12.1 Å². The summed E-state index contributed by atoms with van der Waals surface area (Å²) in [6.07, 6.45) is -5.04. The summed E-state index contributed by atoms with van der Waals surface area (Å²) in [5, 5.41) is 0.707. The van der Waals surface area contributed by atoms with Gasteiger partial charge in [-0.25, -0.2) is 4.79 Å². The average molecular weight is 226 g/mol. The summed E-state index contributed by atoms with van der Waals surface area (Å²) in [5.41, 5.74) is 0. The molecular weight excluding hydrogens is 217 g/mol. The Morgan fingerprint density at radius 3 is 2.47 bits per heavy atom. The zero-order valence-corrected chi connectivity index (χ0v) is 7.87. The number of piperazine rings is 1. The number of amides is 1. The Bertz CT molecular complexity index is 279. The van der Waals surface area contributed by atoms with E-state index in [1.54, 1.807) is 0 Å². The van der Waals surface area contributed by atoms with Gasteiger partial charge in [0, 0.05) is 13.6 Å². The summed E-state index contributed by atoms with van der Waals surface area (Å²) in [5.74, 6) is -2.70. The van der Waals surface area contributed by atoms with E-state index in [4.69, 9.17) is 0 Å². The molecule has 8 heteroatoms. The smallest absolute Gasteiger partial charge is 0.360 e. The van der Waals surface area contributed by atoms with Gasteiger partial charge in [0.1, 0.15) is 6.54 Å². The minimum absolute atomic E-state index is 0.0735. The number of hydrogen-bond acceptors (Lipinski definition) is 4. The van der Waals surface area contributed by atoms with Crippen molar-refractivity contribution in [1.82, 2.24) is 9.96 Å². The van der Waals surface area contributed by atoms with Crippen LogP contribution in [0, 0.1) is 0 Å². The Balaban J connectivity index is 2.47. The second-order valence-electron chi connectivity index (χ2n) is 3.06. The van der Waals surface area contributed by atoms with E-state index in [2.05, 4.69) is 4.84 Å². The van der Waals surface area contributed by atoms with Crippen molar-refractivity contribution in [3.8, 4) is 0 Å². The van der Waals surface area contributed by atoms with Crippen molar-refractivity contribution < 1.29 is 27.6 Å². The molecule has 1 aliphatic rings. The monoisotopic (exact) mass is 226 g/mol. The van der Waals surface area contributed by atoms with Gasteiger partial charge in [-0.1, -0.05) is 0 Å². The Kier molecular flexibility index (Phi) is 3.18. The van der Waals surface area contributed by atoms with Gasteiger partial charge in [0.05, 0.1) is 6.54 Å². The highest BCUT2D eigenvalue weighted by atomic mass is 19.4. The molecule has 1 fully saturated rings. The number of rotatable bonds is 1. The Labute approximate surface area is 83.3 Å². The Morgan fingerprint density at radius 1 is 1.40 bits per heavy atom. The van der Waals surface area contributed by atoms with Crippen LogP contribution in [0.5, 0.6) is 0 Å². The maximum absolute atomic E-state index is 11.8. The van der Waals surface area contributed by atoms with E-state index in [-0.39, 0.29) is 19.6 Å². The van der Waals surface area contributed by atoms with Crippen molar-refractivity contribution >= 4 is 11.9 Å². The molecule has 0 aromatic rings. The Hall–Kier alpha value is -1.31. The average Bonchev–Trinajstić information content (AvgIpc) is 2.10. The van der Waals surface area contributed by atoms with E-state index in [0.29, 0.717) is 5.06 Å². The SMILES string of the molecule is CN1CCN(OC(=O)C(F)(F)F)CC1=O. The van der Waals surface area contributed by atoms with Crippen LogP contribution in [0.3, 0.4) is 0 Å². The molecule has 0 N–H and O–H groups in total. The Morgan fingerprint density at radius 2 is 2.00 bits per heavy atom.